The molecule has 1 spiro atoms. The highest BCUT2D eigenvalue weighted by molar-refractivity contribution is 6.74. The summed E-state index contributed by atoms with van der Waals surface area (Å²) in [5.74, 6) is 2.20. The first kappa shape index (κ1) is 24.2. The van der Waals surface area contributed by atoms with Gasteiger partial charge in [0.2, 0.25) is 0 Å². The summed E-state index contributed by atoms with van der Waals surface area (Å²) < 4.78 is 18.7. The average molecular weight is 461 g/mol. The summed E-state index contributed by atoms with van der Waals surface area (Å²) in [6, 6.07) is 8.24. The van der Waals surface area contributed by atoms with Crippen LogP contribution in [0.25, 0.3) is 0 Å². The summed E-state index contributed by atoms with van der Waals surface area (Å²) in [6.45, 7) is 13.6. The van der Waals surface area contributed by atoms with E-state index in [4.69, 9.17) is 13.9 Å². The molecule has 1 N–H and O–H groups in total. The predicted molar refractivity (Wildman–Crippen MR) is 131 cm³/mol. The van der Waals surface area contributed by atoms with Crippen LogP contribution in [0.5, 0.6) is 5.75 Å². The molecule has 0 amide bonds. The Morgan fingerprint density at radius 3 is 2.50 bits per heavy atom. The molecule has 0 saturated heterocycles. The normalized spacial score (nSPS) is 33.8. The summed E-state index contributed by atoms with van der Waals surface area (Å²) in [4.78, 5) is 0. The van der Waals surface area contributed by atoms with Gasteiger partial charge in [0.05, 0.1) is 19.8 Å². The molecule has 0 heterocycles. The minimum atomic E-state index is -1.78. The quantitative estimate of drug-likeness (QED) is 0.424. The maximum Gasteiger partial charge on any atom is 0.192 e. The predicted octanol–water partition coefficient (Wildman–Crippen LogP) is 6.18. The van der Waals surface area contributed by atoms with E-state index in [9.17, 15) is 5.11 Å². The molecule has 0 bridgehead atoms. The molecule has 3 saturated carbocycles. The summed E-state index contributed by atoms with van der Waals surface area (Å²) in [5.41, 5.74) is 1.95. The van der Waals surface area contributed by atoms with Gasteiger partial charge in [0.1, 0.15) is 5.75 Å². The highest BCUT2D eigenvalue weighted by Gasteiger charge is 2.79. The van der Waals surface area contributed by atoms with Crippen LogP contribution in [-0.4, -0.2) is 39.9 Å². The van der Waals surface area contributed by atoms with Gasteiger partial charge in [-0.2, -0.15) is 0 Å². The molecule has 180 valence electrons. The van der Waals surface area contributed by atoms with E-state index in [0.717, 1.165) is 25.2 Å². The Kier molecular flexibility index (Phi) is 6.61. The van der Waals surface area contributed by atoms with E-state index in [2.05, 4.69) is 46.0 Å². The molecule has 0 aromatic heterocycles. The van der Waals surface area contributed by atoms with Gasteiger partial charge in [0.25, 0.3) is 0 Å². The highest BCUT2D eigenvalue weighted by Crippen LogP contribution is 2.83. The van der Waals surface area contributed by atoms with Gasteiger partial charge in [-0.05, 0) is 91.6 Å². The zero-order chi connectivity index (χ0) is 23.2. The maximum atomic E-state index is 9.52. The summed E-state index contributed by atoms with van der Waals surface area (Å²) in [5, 5.41) is 9.76. The Hall–Kier alpha value is -0.883. The Morgan fingerprint density at radius 2 is 1.88 bits per heavy atom. The fourth-order valence-electron chi connectivity index (χ4n) is 6.65. The highest BCUT2D eigenvalue weighted by atomic mass is 28.4. The summed E-state index contributed by atoms with van der Waals surface area (Å²) in [7, 11) is -0.0741. The van der Waals surface area contributed by atoms with Crippen LogP contribution >= 0.6 is 0 Å². The zero-order valence-corrected chi connectivity index (χ0v) is 22.1. The van der Waals surface area contributed by atoms with E-state index in [1.54, 1.807) is 7.11 Å². The Morgan fingerprint density at radius 1 is 1.16 bits per heavy atom. The number of ether oxygens (including phenoxy) is 2. The molecule has 3 aliphatic rings. The molecule has 0 aliphatic heterocycles. The van der Waals surface area contributed by atoms with Gasteiger partial charge < -0.3 is 19.0 Å². The van der Waals surface area contributed by atoms with Crippen molar-refractivity contribution in [2.45, 2.75) is 90.1 Å². The first-order chi connectivity index (χ1) is 15.1. The lowest BCUT2D eigenvalue weighted by molar-refractivity contribution is 0.00623. The molecule has 3 fully saturated rings. The van der Waals surface area contributed by atoms with Crippen molar-refractivity contribution in [2.75, 3.05) is 20.3 Å². The van der Waals surface area contributed by atoms with Crippen LogP contribution in [0.2, 0.25) is 18.1 Å². The molecule has 1 aromatic rings. The molecule has 32 heavy (non-hydrogen) atoms. The van der Waals surface area contributed by atoms with Crippen LogP contribution in [0.4, 0.5) is 0 Å². The summed E-state index contributed by atoms with van der Waals surface area (Å²) in [6.07, 6.45) is 7.39. The van der Waals surface area contributed by atoms with Gasteiger partial charge in [-0.1, -0.05) is 32.9 Å². The van der Waals surface area contributed by atoms with Gasteiger partial charge in [-0.3, -0.25) is 0 Å². The van der Waals surface area contributed by atoms with Crippen LogP contribution < -0.4 is 4.74 Å². The number of methoxy groups -OCH3 is 1. The fraction of sp³-hybridized carbons (Fsp3) is 0.778. The number of benzene rings is 1. The minimum absolute atomic E-state index is 0.240. The Bertz CT molecular complexity index is 786. The second-order valence-electron chi connectivity index (χ2n) is 12.2. The van der Waals surface area contributed by atoms with Crippen LogP contribution in [0.1, 0.15) is 64.9 Å². The van der Waals surface area contributed by atoms with Crippen molar-refractivity contribution in [1.82, 2.24) is 0 Å². The number of rotatable bonds is 10. The molecule has 3 aliphatic carbocycles. The van der Waals surface area contributed by atoms with E-state index < -0.39 is 8.32 Å². The molecule has 0 unspecified atom stereocenters. The van der Waals surface area contributed by atoms with Crippen molar-refractivity contribution in [3.8, 4) is 5.75 Å². The molecular weight excluding hydrogens is 416 g/mol. The molecule has 5 atom stereocenters. The van der Waals surface area contributed by atoms with E-state index in [1.807, 2.05) is 12.1 Å². The Labute approximate surface area is 196 Å². The zero-order valence-electron chi connectivity index (χ0n) is 21.1. The van der Waals surface area contributed by atoms with Crippen LogP contribution in [0.3, 0.4) is 0 Å². The van der Waals surface area contributed by atoms with Gasteiger partial charge in [0.15, 0.2) is 8.32 Å². The van der Waals surface area contributed by atoms with Crippen molar-refractivity contribution < 1.29 is 19.0 Å². The van der Waals surface area contributed by atoms with Crippen LogP contribution in [-0.2, 0) is 15.8 Å². The van der Waals surface area contributed by atoms with Gasteiger partial charge >= 0.3 is 0 Å². The fourth-order valence-corrected chi connectivity index (χ4v) is 7.71. The first-order valence-electron chi connectivity index (χ1n) is 12.6. The number of aliphatic hydroxyl groups excluding tert-OH is 1. The molecule has 5 heteroatoms. The van der Waals surface area contributed by atoms with Gasteiger partial charge in [-0.15, -0.1) is 0 Å². The van der Waals surface area contributed by atoms with Crippen LogP contribution in [0.15, 0.2) is 24.3 Å². The monoisotopic (exact) mass is 460 g/mol. The van der Waals surface area contributed by atoms with Crippen LogP contribution in [0, 0.1) is 22.7 Å². The third kappa shape index (κ3) is 4.08. The second-order valence-corrected chi connectivity index (χ2v) is 17.0. The maximum absolute atomic E-state index is 9.52. The summed E-state index contributed by atoms with van der Waals surface area (Å²) >= 11 is 0. The van der Waals surface area contributed by atoms with Gasteiger partial charge in [-0.25, -0.2) is 0 Å². The smallest absolute Gasteiger partial charge is 0.192 e. The third-order valence-electron chi connectivity index (χ3n) is 9.68. The lowest BCUT2D eigenvalue weighted by Crippen LogP contribution is -2.43. The van der Waals surface area contributed by atoms with E-state index >= 15 is 0 Å². The largest absolute Gasteiger partial charge is 0.497 e. The topological polar surface area (TPSA) is 47.9 Å². The third-order valence-corrected chi connectivity index (χ3v) is 14.2. The molecular formula is C27H44O4Si. The van der Waals surface area contributed by atoms with Crippen molar-refractivity contribution >= 4 is 8.32 Å². The van der Waals surface area contributed by atoms with E-state index in [1.165, 1.54) is 31.2 Å². The van der Waals surface area contributed by atoms with Crippen molar-refractivity contribution in [2.24, 2.45) is 22.7 Å². The second kappa shape index (κ2) is 8.72. The van der Waals surface area contributed by atoms with E-state index in [-0.39, 0.29) is 5.04 Å². The molecule has 1 aromatic carbocycles. The molecule has 4 nitrogen and oxygen atoms in total. The standard InChI is InChI=1S/C27H44O4Si/c1-25(2,3)32(5,6)31-19-27-18-26(27)14-13-24(23(26)16-21(27)8-7-15-28)30-17-20-9-11-22(29-4)12-10-20/h9-12,21,23-24,28H,7-8,13-19H2,1-6H3/t21-,23-,24+,26-,27-/m1/s1. The van der Waals surface area contributed by atoms with Crippen molar-refractivity contribution in [1.29, 1.82) is 0 Å². The lowest BCUT2D eigenvalue weighted by atomic mass is 9.84. The number of hydrogen-bond donors (Lipinski definition) is 1. The van der Waals surface area contributed by atoms with Gasteiger partial charge in [0, 0.05) is 18.6 Å². The van der Waals surface area contributed by atoms with E-state index in [0.29, 0.717) is 42.0 Å². The average Bonchev–Trinajstić information content (AvgIpc) is 3.15. The first-order valence-corrected chi connectivity index (χ1v) is 15.5. The Balaban J connectivity index is 1.44. The van der Waals surface area contributed by atoms with Crippen molar-refractivity contribution in [3.05, 3.63) is 29.8 Å². The molecule has 0 radical (unpaired) electrons. The lowest BCUT2D eigenvalue weighted by Gasteiger charge is -2.38. The number of hydrogen-bond acceptors (Lipinski definition) is 4. The molecule has 4 rings (SSSR count). The minimum Gasteiger partial charge on any atom is -0.497 e. The SMILES string of the molecule is COc1ccc(CO[C@H]2CC[C@]34C[C@@]3(CO[Si](C)(C)C(C)(C)C)[C@H](CCCO)C[C@H]24)cc1. The van der Waals surface area contributed by atoms with Crippen molar-refractivity contribution in [3.63, 3.8) is 0 Å². The number of aliphatic hydroxyl groups is 1.